The molecule has 1 amide bonds. The van der Waals surface area contributed by atoms with Crippen LogP contribution in [-0.2, 0) is 9.05 Å². The van der Waals surface area contributed by atoms with Crippen LogP contribution in [0, 0.1) is 0 Å². The van der Waals surface area contributed by atoms with Gasteiger partial charge < -0.3 is 4.90 Å². The van der Waals surface area contributed by atoms with Gasteiger partial charge in [0.15, 0.2) is 0 Å². The standard InChI is InChI=1S/C13H15Cl2NO3S/c1-4-16(8-9(2)3)13(17)10-5-11(14)7-12(6-10)20(15,18)19/h5-7H,2,4,8H2,1,3H3. The fourth-order valence-electron chi connectivity index (χ4n) is 1.66. The van der Waals surface area contributed by atoms with Crippen LogP contribution < -0.4 is 0 Å². The summed E-state index contributed by atoms with van der Waals surface area (Å²) in [5.41, 5.74) is 1.01. The van der Waals surface area contributed by atoms with Gasteiger partial charge in [-0.3, -0.25) is 4.79 Å². The number of nitrogens with zero attached hydrogens (tertiary/aromatic N) is 1. The summed E-state index contributed by atoms with van der Waals surface area (Å²) in [6.45, 7) is 8.26. The minimum absolute atomic E-state index is 0.140. The van der Waals surface area contributed by atoms with Crippen molar-refractivity contribution >= 4 is 37.2 Å². The minimum Gasteiger partial charge on any atom is -0.335 e. The van der Waals surface area contributed by atoms with Crippen LogP contribution in [0.15, 0.2) is 35.2 Å². The fourth-order valence-corrected chi connectivity index (χ4v) is 2.77. The summed E-state index contributed by atoms with van der Waals surface area (Å²) in [4.78, 5) is 13.7. The first kappa shape index (κ1) is 17.0. The Morgan fingerprint density at radius 2 is 1.95 bits per heavy atom. The summed E-state index contributed by atoms with van der Waals surface area (Å²) in [7, 11) is 1.34. The van der Waals surface area contributed by atoms with Gasteiger partial charge >= 0.3 is 0 Å². The van der Waals surface area contributed by atoms with Crippen LogP contribution in [0.2, 0.25) is 5.02 Å². The van der Waals surface area contributed by atoms with E-state index in [1.165, 1.54) is 18.2 Å². The molecule has 0 aliphatic heterocycles. The molecule has 0 fully saturated rings. The zero-order valence-electron chi connectivity index (χ0n) is 11.2. The van der Waals surface area contributed by atoms with Gasteiger partial charge in [-0.25, -0.2) is 8.42 Å². The predicted octanol–water partition coefficient (Wildman–Crippen LogP) is 3.31. The normalized spacial score (nSPS) is 11.2. The highest BCUT2D eigenvalue weighted by Gasteiger charge is 2.19. The second-order valence-corrected chi connectivity index (χ2v) is 7.39. The molecule has 0 aromatic heterocycles. The van der Waals surface area contributed by atoms with Gasteiger partial charge in [0, 0.05) is 34.4 Å². The number of amides is 1. The van der Waals surface area contributed by atoms with Crippen LogP contribution in [0.25, 0.3) is 0 Å². The maximum absolute atomic E-state index is 12.3. The first-order chi connectivity index (χ1) is 9.15. The van der Waals surface area contributed by atoms with E-state index in [4.69, 9.17) is 22.3 Å². The molecule has 1 rings (SSSR count). The summed E-state index contributed by atoms with van der Waals surface area (Å²) >= 11 is 5.84. The number of likely N-dealkylation sites (N-methyl/N-ethyl adjacent to an activating group) is 1. The van der Waals surface area contributed by atoms with Gasteiger partial charge in [-0.05, 0) is 32.0 Å². The predicted molar refractivity (Wildman–Crippen MR) is 80.9 cm³/mol. The number of carbonyl (C=O) groups is 1. The summed E-state index contributed by atoms with van der Waals surface area (Å²) in [6.07, 6.45) is 0. The Kier molecular flexibility index (Phi) is 5.62. The summed E-state index contributed by atoms with van der Waals surface area (Å²) < 4.78 is 22.7. The first-order valence-corrected chi connectivity index (χ1v) is 8.52. The topological polar surface area (TPSA) is 54.5 Å². The van der Waals surface area contributed by atoms with E-state index in [0.717, 1.165) is 5.57 Å². The lowest BCUT2D eigenvalue weighted by Crippen LogP contribution is -2.32. The molecule has 0 unspecified atom stereocenters. The molecule has 20 heavy (non-hydrogen) atoms. The summed E-state index contributed by atoms with van der Waals surface area (Å²) in [5, 5.41) is 0.140. The lowest BCUT2D eigenvalue weighted by Gasteiger charge is -2.21. The Morgan fingerprint density at radius 1 is 1.35 bits per heavy atom. The molecule has 7 heteroatoms. The molecule has 0 aliphatic rings. The highest BCUT2D eigenvalue weighted by molar-refractivity contribution is 8.13. The smallest absolute Gasteiger partial charge is 0.261 e. The van der Waals surface area contributed by atoms with E-state index >= 15 is 0 Å². The number of hydrogen-bond donors (Lipinski definition) is 0. The molecule has 0 atom stereocenters. The zero-order valence-corrected chi connectivity index (χ0v) is 13.5. The van der Waals surface area contributed by atoms with Crippen molar-refractivity contribution < 1.29 is 13.2 Å². The Morgan fingerprint density at radius 3 is 2.40 bits per heavy atom. The first-order valence-electron chi connectivity index (χ1n) is 5.84. The monoisotopic (exact) mass is 335 g/mol. The summed E-state index contributed by atoms with van der Waals surface area (Å²) in [6, 6.07) is 3.84. The van der Waals surface area contributed by atoms with Crippen molar-refractivity contribution in [1.29, 1.82) is 0 Å². The zero-order chi connectivity index (χ0) is 15.5. The van der Waals surface area contributed by atoms with Crippen molar-refractivity contribution in [3.05, 3.63) is 40.9 Å². The number of halogens is 2. The molecule has 0 radical (unpaired) electrons. The van der Waals surface area contributed by atoms with Gasteiger partial charge in [0.25, 0.3) is 15.0 Å². The number of carbonyl (C=O) groups excluding carboxylic acids is 1. The molecule has 0 N–H and O–H groups in total. The molecule has 0 saturated carbocycles. The Labute approximate surface area is 128 Å². The molecular weight excluding hydrogens is 321 g/mol. The third-order valence-corrected chi connectivity index (χ3v) is 4.08. The molecule has 1 aromatic carbocycles. The lowest BCUT2D eigenvalue weighted by molar-refractivity contribution is 0.0778. The van der Waals surface area contributed by atoms with Crippen molar-refractivity contribution in [2.75, 3.05) is 13.1 Å². The number of hydrogen-bond acceptors (Lipinski definition) is 3. The second-order valence-electron chi connectivity index (χ2n) is 4.39. The van der Waals surface area contributed by atoms with Gasteiger partial charge in [0.2, 0.25) is 0 Å². The van der Waals surface area contributed by atoms with E-state index in [1.54, 1.807) is 4.90 Å². The van der Waals surface area contributed by atoms with Crippen LogP contribution in [0.1, 0.15) is 24.2 Å². The summed E-state index contributed by atoms with van der Waals surface area (Å²) in [5.74, 6) is -0.320. The average molecular weight is 336 g/mol. The van der Waals surface area contributed by atoms with Crippen LogP contribution in [0.4, 0.5) is 0 Å². The van der Waals surface area contributed by atoms with Crippen LogP contribution in [0.3, 0.4) is 0 Å². The Bertz CT molecular complexity index is 641. The third-order valence-electron chi connectivity index (χ3n) is 2.53. The van der Waals surface area contributed by atoms with Gasteiger partial charge in [-0.2, -0.15) is 0 Å². The molecule has 4 nitrogen and oxygen atoms in total. The van der Waals surface area contributed by atoms with E-state index in [1.807, 2.05) is 13.8 Å². The Balaban J connectivity index is 3.22. The minimum atomic E-state index is -3.94. The van der Waals surface area contributed by atoms with E-state index < -0.39 is 9.05 Å². The molecule has 0 aliphatic carbocycles. The van der Waals surface area contributed by atoms with E-state index in [0.29, 0.717) is 13.1 Å². The van der Waals surface area contributed by atoms with Gasteiger partial charge in [-0.1, -0.05) is 23.8 Å². The second kappa shape index (κ2) is 6.61. The van der Waals surface area contributed by atoms with Crippen LogP contribution >= 0.6 is 22.3 Å². The fraction of sp³-hybridized carbons (Fsp3) is 0.308. The largest absolute Gasteiger partial charge is 0.335 e. The maximum Gasteiger partial charge on any atom is 0.261 e. The van der Waals surface area contributed by atoms with Crippen molar-refractivity contribution in [2.45, 2.75) is 18.7 Å². The number of benzene rings is 1. The van der Waals surface area contributed by atoms with Crippen molar-refractivity contribution in [2.24, 2.45) is 0 Å². The van der Waals surface area contributed by atoms with Gasteiger partial charge in [0.1, 0.15) is 0 Å². The molecular formula is C13H15Cl2NO3S. The third kappa shape index (κ3) is 4.51. The molecule has 0 heterocycles. The van der Waals surface area contributed by atoms with Gasteiger partial charge in [-0.15, -0.1) is 0 Å². The Hall–Kier alpha value is -1.04. The number of rotatable bonds is 5. The highest BCUT2D eigenvalue weighted by atomic mass is 35.7. The van der Waals surface area contributed by atoms with Crippen molar-refractivity contribution in [3.63, 3.8) is 0 Å². The molecule has 0 spiro atoms. The maximum atomic E-state index is 12.3. The lowest BCUT2D eigenvalue weighted by atomic mass is 10.2. The molecule has 0 bridgehead atoms. The van der Waals surface area contributed by atoms with Crippen LogP contribution in [-0.4, -0.2) is 32.3 Å². The van der Waals surface area contributed by atoms with Crippen LogP contribution in [0.5, 0.6) is 0 Å². The molecule has 1 aromatic rings. The molecule has 110 valence electrons. The van der Waals surface area contributed by atoms with E-state index in [9.17, 15) is 13.2 Å². The van der Waals surface area contributed by atoms with E-state index in [2.05, 4.69) is 6.58 Å². The van der Waals surface area contributed by atoms with Gasteiger partial charge in [0.05, 0.1) is 4.90 Å². The average Bonchev–Trinajstić information content (AvgIpc) is 2.33. The molecule has 0 saturated heterocycles. The van der Waals surface area contributed by atoms with Crippen molar-refractivity contribution in [3.8, 4) is 0 Å². The van der Waals surface area contributed by atoms with Crippen molar-refractivity contribution in [1.82, 2.24) is 4.90 Å². The highest BCUT2D eigenvalue weighted by Crippen LogP contribution is 2.23. The SMILES string of the molecule is C=C(C)CN(CC)C(=O)c1cc(Cl)cc(S(=O)(=O)Cl)c1. The van der Waals surface area contributed by atoms with E-state index in [-0.39, 0.29) is 21.4 Å². The quantitative estimate of drug-likeness (QED) is 0.612.